The van der Waals surface area contributed by atoms with Crippen LogP contribution in [0.2, 0.25) is 0 Å². The van der Waals surface area contributed by atoms with E-state index < -0.39 is 0 Å². The Morgan fingerprint density at radius 3 is 3.12 bits per heavy atom. The first-order chi connectivity index (χ1) is 7.81. The second kappa shape index (κ2) is 6.59. The van der Waals surface area contributed by atoms with E-state index in [1.807, 2.05) is 18.2 Å². The molecule has 16 heavy (non-hydrogen) atoms. The quantitative estimate of drug-likeness (QED) is 0.679. The summed E-state index contributed by atoms with van der Waals surface area (Å²) < 4.78 is 5.04. The Balaban J connectivity index is 2.82. The zero-order chi connectivity index (χ0) is 11.8. The lowest BCUT2D eigenvalue weighted by atomic mass is 10.3. The van der Waals surface area contributed by atoms with Gasteiger partial charge in [0.15, 0.2) is 0 Å². The number of hydrogen-bond acceptors (Lipinski definition) is 4. The Labute approximate surface area is 95.8 Å². The summed E-state index contributed by atoms with van der Waals surface area (Å²) in [5.41, 5.74) is 1.38. The summed E-state index contributed by atoms with van der Waals surface area (Å²) >= 11 is 0. The van der Waals surface area contributed by atoms with Gasteiger partial charge in [-0.3, -0.25) is 0 Å². The number of nitrogens with zero attached hydrogens (tertiary/aromatic N) is 3. The van der Waals surface area contributed by atoms with E-state index in [4.69, 9.17) is 10.00 Å². The normalized spacial score (nSPS) is 9.50. The Bertz CT molecular complexity index is 384. The smallest absolute Gasteiger partial charge is 0.142 e. The largest absolute Gasteiger partial charge is 0.383 e. The highest BCUT2D eigenvalue weighted by atomic mass is 16.5. The van der Waals surface area contributed by atoms with Crippen LogP contribution in [0.1, 0.15) is 5.69 Å². The molecule has 1 rings (SSSR count). The third-order valence-corrected chi connectivity index (χ3v) is 2.14. The van der Waals surface area contributed by atoms with Crippen LogP contribution in [0.5, 0.6) is 0 Å². The average molecular weight is 217 g/mol. The standard InChI is InChI=1S/C12H15N3O/c1-3-6-15(7-8-16-2)12-4-5-14-11(9-12)10-13/h3-5,9H,1,6-8H2,2H3. The molecule has 1 aromatic rings. The van der Waals surface area contributed by atoms with Gasteiger partial charge < -0.3 is 9.64 Å². The van der Waals surface area contributed by atoms with Crippen molar-refractivity contribution in [2.45, 2.75) is 0 Å². The van der Waals surface area contributed by atoms with E-state index in [-0.39, 0.29) is 0 Å². The van der Waals surface area contributed by atoms with Crippen molar-refractivity contribution in [3.05, 3.63) is 36.7 Å². The number of anilines is 1. The van der Waals surface area contributed by atoms with Crippen LogP contribution < -0.4 is 4.90 Å². The van der Waals surface area contributed by atoms with Crippen molar-refractivity contribution < 1.29 is 4.74 Å². The van der Waals surface area contributed by atoms with E-state index >= 15 is 0 Å². The zero-order valence-corrected chi connectivity index (χ0v) is 9.39. The SMILES string of the molecule is C=CCN(CCOC)c1ccnc(C#N)c1. The van der Waals surface area contributed by atoms with E-state index in [0.717, 1.165) is 18.8 Å². The van der Waals surface area contributed by atoms with Gasteiger partial charge in [0.2, 0.25) is 0 Å². The number of pyridine rings is 1. The molecule has 0 bridgehead atoms. The van der Waals surface area contributed by atoms with Crippen molar-refractivity contribution in [3.8, 4) is 6.07 Å². The van der Waals surface area contributed by atoms with Gasteiger partial charge in [0, 0.05) is 32.1 Å². The molecule has 0 radical (unpaired) electrons. The van der Waals surface area contributed by atoms with Gasteiger partial charge in [0.05, 0.1) is 6.61 Å². The van der Waals surface area contributed by atoms with Crippen LogP contribution >= 0.6 is 0 Å². The molecule has 0 saturated heterocycles. The van der Waals surface area contributed by atoms with Gasteiger partial charge >= 0.3 is 0 Å². The molecule has 0 unspecified atom stereocenters. The average Bonchev–Trinajstić information content (AvgIpc) is 2.34. The van der Waals surface area contributed by atoms with Crippen LogP contribution in [-0.2, 0) is 4.74 Å². The van der Waals surface area contributed by atoms with Gasteiger partial charge in [-0.25, -0.2) is 4.98 Å². The van der Waals surface area contributed by atoms with Crippen molar-refractivity contribution in [3.63, 3.8) is 0 Å². The minimum atomic E-state index is 0.420. The lowest BCUT2D eigenvalue weighted by molar-refractivity contribution is 0.206. The number of hydrogen-bond donors (Lipinski definition) is 0. The second-order valence-electron chi connectivity index (χ2n) is 3.24. The summed E-state index contributed by atoms with van der Waals surface area (Å²) in [5, 5.41) is 8.77. The molecule has 1 heterocycles. The summed E-state index contributed by atoms with van der Waals surface area (Å²) in [4.78, 5) is 6.02. The first kappa shape index (κ1) is 12.2. The number of rotatable bonds is 6. The highest BCUT2D eigenvalue weighted by Crippen LogP contribution is 2.13. The number of aromatic nitrogens is 1. The fourth-order valence-electron chi connectivity index (χ4n) is 1.36. The number of nitriles is 1. The van der Waals surface area contributed by atoms with Gasteiger partial charge in [0.25, 0.3) is 0 Å². The summed E-state index contributed by atoms with van der Waals surface area (Å²) in [6.45, 7) is 5.83. The molecule has 0 aliphatic heterocycles. The monoisotopic (exact) mass is 217 g/mol. The molecule has 0 amide bonds. The Hall–Kier alpha value is -1.86. The molecular weight excluding hydrogens is 202 g/mol. The first-order valence-electron chi connectivity index (χ1n) is 5.02. The Morgan fingerprint density at radius 1 is 1.69 bits per heavy atom. The molecule has 0 aliphatic rings. The summed E-state index contributed by atoms with van der Waals surface area (Å²) in [6.07, 6.45) is 3.46. The predicted molar refractivity (Wildman–Crippen MR) is 63.2 cm³/mol. The van der Waals surface area contributed by atoms with Crippen LogP contribution in [-0.4, -0.2) is 31.8 Å². The van der Waals surface area contributed by atoms with Crippen molar-refractivity contribution in [2.75, 3.05) is 31.7 Å². The molecule has 84 valence electrons. The van der Waals surface area contributed by atoms with E-state index in [9.17, 15) is 0 Å². The van der Waals surface area contributed by atoms with Crippen LogP contribution in [0, 0.1) is 11.3 Å². The maximum absolute atomic E-state index is 8.77. The van der Waals surface area contributed by atoms with Crippen molar-refractivity contribution in [1.29, 1.82) is 5.26 Å². The molecule has 0 spiro atoms. The lowest BCUT2D eigenvalue weighted by Gasteiger charge is -2.22. The topological polar surface area (TPSA) is 49.1 Å². The minimum Gasteiger partial charge on any atom is -0.383 e. The Kier molecular flexibility index (Phi) is 5.03. The molecule has 0 fully saturated rings. The van der Waals surface area contributed by atoms with E-state index in [2.05, 4.69) is 16.5 Å². The van der Waals surface area contributed by atoms with E-state index in [0.29, 0.717) is 12.3 Å². The van der Waals surface area contributed by atoms with E-state index in [1.54, 1.807) is 19.4 Å². The van der Waals surface area contributed by atoms with Gasteiger partial charge in [-0.1, -0.05) is 6.08 Å². The third-order valence-electron chi connectivity index (χ3n) is 2.14. The number of methoxy groups -OCH3 is 1. The van der Waals surface area contributed by atoms with Crippen molar-refractivity contribution >= 4 is 5.69 Å². The molecule has 4 heteroatoms. The predicted octanol–water partition coefficient (Wildman–Crippen LogP) is 1.59. The lowest BCUT2D eigenvalue weighted by Crippen LogP contribution is -2.27. The highest BCUT2D eigenvalue weighted by Gasteiger charge is 2.05. The van der Waals surface area contributed by atoms with Gasteiger partial charge in [0.1, 0.15) is 11.8 Å². The molecule has 0 atom stereocenters. The van der Waals surface area contributed by atoms with Crippen LogP contribution in [0.25, 0.3) is 0 Å². The van der Waals surface area contributed by atoms with Crippen molar-refractivity contribution in [1.82, 2.24) is 4.98 Å². The molecular formula is C12H15N3O. The van der Waals surface area contributed by atoms with Crippen molar-refractivity contribution in [2.24, 2.45) is 0 Å². The number of ether oxygens (including phenoxy) is 1. The van der Waals surface area contributed by atoms with Crippen LogP contribution in [0.4, 0.5) is 5.69 Å². The molecule has 0 aliphatic carbocycles. The third kappa shape index (κ3) is 3.37. The molecule has 0 aromatic carbocycles. The second-order valence-corrected chi connectivity index (χ2v) is 3.24. The van der Waals surface area contributed by atoms with Gasteiger partial charge in [-0.15, -0.1) is 6.58 Å². The fraction of sp³-hybridized carbons (Fsp3) is 0.333. The van der Waals surface area contributed by atoms with Gasteiger partial charge in [-0.05, 0) is 12.1 Å². The fourth-order valence-corrected chi connectivity index (χ4v) is 1.36. The molecule has 0 saturated carbocycles. The van der Waals surface area contributed by atoms with E-state index in [1.165, 1.54) is 0 Å². The highest BCUT2D eigenvalue weighted by molar-refractivity contribution is 5.49. The van der Waals surface area contributed by atoms with Crippen LogP contribution in [0.3, 0.4) is 0 Å². The first-order valence-corrected chi connectivity index (χ1v) is 5.02. The zero-order valence-electron chi connectivity index (χ0n) is 9.39. The molecule has 4 nitrogen and oxygen atoms in total. The maximum Gasteiger partial charge on any atom is 0.142 e. The maximum atomic E-state index is 8.77. The van der Waals surface area contributed by atoms with Gasteiger partial charge in [-0.2, -0.15) is 5.26 Å². The summed E-state index contributed by atoms with van der Waals surface area (Å²) in [6, 6.07) is 5.66. The summed E-state index contributed by atoms with van der Waals surface area (Å²) in [5.74, 6) is 0. The summed E-state index contributed by atoms with van der Waals surface area (Å²) in [7, 11) is 1.67. The Morgan fingerprint density at radius 2 is 2.50 bits per heavy atom. The molecule has 0 N–H and O–H groups in total. The van der Waals surface area contributed by atoms with Crippen LogP contribution in [0.15, 0.2) is 31.0 Å². The molecule has 1 aromatic heterocycles. The minimum absolute atomic E-state index is 0.420.